The van der Waals surface area contributed by atoms with Crippen LogP contribution in [0.1, 0.15) is 5.56 Å². The highest BCUT2D eigenvalue weighted by Crippen LogP contribution is 2.13. The molecule has 0 spiro atoms. The maximum Gasteiger partial charge on any atom is 0.270 e. The molecule has 74 valence electrons. The van der Waals surface area contributed by atoms with Gasteiger partial charge < -0.3 is 0 Å². The van der Waals surface area contributed by atoms with Gasteiger partial charge in [0, 0.05) is 17.5 Å². The van der Waals surface area contributed by atoms with Crippen LogP contribution in [0.3, 0.4) is 0 Å². The lowest BCUT2D eigenvalue weighted by Crippen LogP contribution is -1.87. The zero-order chi connectivity index (χ0) is 10.6. The Morgan fingerprint density at radius 3 is 2.64 bits per heavy atom. The topological polar surface area (TPSA) is 77.3 Å². The highest BCUT2D eigenvalue weighted by Gasteiger charge is 2.03. The first-order valence-corrected chi connectivity index (χ1v) is 4.90. The van der Waals surface area contributed by atoms with E-state index in [1.807, 2.05) is 0 Å². The minimum Gasteiger partial charge on any atom is -0.258 e. The van der Waals surface area contributed by atoms with Crippen LogP contribution >= 0.6 is 0 Å². The molecule has 0 saturated heterocycles. The van der Waals surface area contributed by atoms with Crippen LogP contribution in [0.2, 0.25) is 0 Å². The molecule has 0 aliphatic heterocycles. The molecule has 0 radical (unpaired) electrons. The number of non-ortho nitro benzene ring substituents is 1. The Bertz CT molecular complexity index is 442. The number of hydrogen-bond acceptors (Lipinski definition) is 4. The maximum atomic E-state index is 10.4. The van der Waals surface area contributed by atoms with Crippen molar-refractivity contribution in [2.75, 3.05) is 0 Å². The number of rotatable bonds is 3. The van der Waals surface area contributed by atoms with E-state index in [0.29, 0.717) is 5.56 Å². The lowest BCUT2D eigenvalue weighted by Gasteiger charge is -1.92. The summed E-state index contributed by atoms with van der Waals surface area (Å²) >= 11 is 0. The molecule has 0 fully saturated rings. The molecule has 1 aromatic rings. The maximum absolute atomic E-state index is 10.4. The van der Waals surface area contributed by atoms with E-state index in [9.17, 15) is 18.5 Å². The second-order valence-corrected chi connectivity index (χ2v) is 3.32. The Morgan fingerprint density at radius 2 is 2.07 bits per heavy atom. The third-order valence-electron chi connectivity index (χ3n) is 1.47. The van der Waals surface area contributed by atoms with Crippen LogP contribution in [-0.2, 0) is 10.7 Å². The summed E-state index contributed by atoms with van der Waals surface area (Å²) in [6.45, 7) is 0. The first kappa shape index (κ1) is 10.4. The zero-order valence-electron chi connectivity index (χ0n) is 6.99. The van der Waals surface area contributed by atoms with E-state index >= 15 is 0 Å². The fourth-order valence-electron chi connectivity index (χ4n) is 0.889. The van der Waals surface area contributed by atoms with E-state index in [2.05, 4.69) is 0 Å². The quantitative estimate of drug-likeness (QED) is 0.464. The van der Waals surface area contributed by atoms with E-state index in [1.54, 1.807) is 6.07 Å². The Balaban J connectivity index is 3.00. The average Bonchev–Trinajstić information content (AvgIpc) is 2.15. The molecule has 6 heteroatoms. The summed E-state index contributed by atoms with van der Waals surface area (Å²) < 4.78 is 20.4. The Hall–Kier alpha value is -1.69. The van der Waals surface area contributed by atoms with Crippen LogP contribution in [-0.4, -0.2) is 13.3 Å². The highest BCUT2D eigenvalue weighted by atomic mass is 32.2. The summed E-state index contributed by atoms with van der Waals surface area (Å²) in [6, 6.07) is 5.72. The van der Waals surface area contributed by atoms with Crippen molar-refractivity contribution in [1.82, 2.24) is 0 Å². The summed E-state index contributed by atoms with van der Waals surface area (Å²) in [4.78, 5) is 9.82. The van der Waals surface area contributed by atoms with E-state index < -0.39 is 15.6 Å². The van der Waals surface area contributed by atoms with E-state index in [1.165, 1.54) is 24.3 Å². The highest BCUT2D eigenvalue weighted by molar-refractivity contribution is 7.75. The lowest BCUT2D eigenvalue weighted by atomic mass is 10.2. The number of nitro groups is 1. The van der Waals surface area contributed by atoms with Crippen LogP contribution in [0.25, 0.3) is 6.08 Å². The average molecular weight is 213 g/mol. The fraction of sp³-hybridized carbons (Fsp3) is 0. The van der Waals surface area contributed by atoms with Gasteiger partial charge in [-0.25, -0.2) is 8.42 Å². The van der Waals surface area contributed by atoms with Gasteiger partial charge in [0.25, 0.3) is 5.69 Å². The monoisotopic (exact) mass is 213 g/mol. The Morgan fingerprint density at radius 1 is 1.36 bits per heavy atom. The molecular weight excluding hydrogens is 206 g/mol. The lowest BCUT2D eigenvalue weighted by molar-refractivity contribution is -0.384. The van der Waals surface area contributed by atoms with Crippen molar-refractivity contribution in [1.29, 1.82) is 0 Å². The molecule has 0 saturated carbocycles. The number of nitrogens with zero attached hydrogens (tertiary/aromatic N) is 1. The molecule has 0 aliphatic carbocycles. The SMILES string of the molecule is O=[N+]([O-])c1cccc(/C=C/[SH](=O)=O)c1. The predicted molar refractivity (Wildman–Crippen MR) is 52.4 cm³/mol. The number of benzene rings is 1. The second-order valence-electron chi connectivity index (χ2n) is 2.45. The Kier molecular flexibility index (Phi) is 3.35. The molecule has 14 heavy (non-hydrogen) atoms. The summed E-state index contributed by atoms with van der Waals surface area (Å²) in [5, 5.41) is 11.3. The Labute approximate surface area is 81.8 Å². The number of hydrogen-bond donors (Lipinski definition) is 1. The standard InChI is InChI=1S/C8H7NO4S/c10-9(11)8-3-1-2-7(6-8)4-5-14(12)13/h1-6,14H/b5-4+. The van der Waals surface area contributed by atoms with Crippen molar-refractivity contribution in [2.24, 2.45) is 0 Å². The van der Waals surface area contributed by atoms with Gasteiger partial charge in [-0.2, -0.15) is 0 Å². The van der Waals surface area contributed by atoms with Crippen molar-refractivity contribution in [2.45, 2.75) is 0 Å². The molecule has 1 rings (SSSR count). The minimum absolute atomic E-state index is 0.0618. The van der Waals surface area contributed by atoms with E-state index in [0.717, 1.165) is 5.41 Å². The molecule has 0 aromatic heterocycles. The van der Waals surface area contributed by atoms with Gasteiger partial charge >= 0.3 is 0 Å². The van der Waals surface area contributed by atoms with Crippen LogP contribution in [0, 0.1) is 10.1 Å². The molecule has 0 amide bonds. The molecule has 1 aromatic carbocycles. The smallest absolute Gasteiger partial charge is 0.258 e. The first-order chi connectivity index (χ1) is 6.59. The van der Waals surface area contributed by atoms with Gasteiger partial charge in [-0.3, -0.25) is 10.1 Å². The van der Waals surface area contributed by atoms with E-state index in [4.69, 9.17) is 0 Å². The van der Waals surface area contributed by atoms with Gasteiger partial charge in [-0.15, -0.1) is 0 Å². The normalized spacial score (nSPS) is 10.9. The predicted octanol–water partition coefficient (Wildman–Crippen LogP) is 1.18. The molecule has 5 nitrogen and oxygen atoms in total. The molecular formula is C8H7NO4S. The fourth-order valence-corrected chi connectivity index (χ4v) is 1.18. The van der Waals surface area contributed by atoms with Crippen molar-refractivity contribution in [3.05, 3.63) is 45.4 Å². The molecule has 0 aliphatic rings. The third-order valence-corrected chi connectivity index (χ3v) is 1.86. The van der Waals surface area contributed by atoms with E-state index in [-0.39, 0.29) is 5.69 Å². The van der Waals surface area contributed by atoms with Crippen molar-refractivity contribution in [3.63, 3.8) is 0 Å². The van der Waals surface area contributed by atoms with Crippen molar-refractivity contribution in [3.8, 4) is 0 Å². The van der Waals surface area contributed by atoms with Gasteiger partial charge in [-0.05, 0) is 11.6 Å². The van der Waals surface area contributed by atoms with Crippen LogP contribution in [0.15, 0.2) is 29.7 Å². The second kappa shape index (κ2) is 4.52. The minimum atomic E-state index is -2.60. The van der Waals surface area contributed by atoms with Gasteiger partial charge in [0.2, 0.25) is 0 Å². The number of nitro benzene ring substituents is 1. The van der Waals surface area contributed by atoms with Crippen LogP contribution < -0.4 is 0 Å². The molecule has 0 bridgehead atoms. The van der Waals surface area contributed by atoms with Crippen LogP contribution in [0.5, 0.6) is 0 Å². The van der Waals surface area contributed by atoms with Gasteiger partial charge in [0.15, 0.2) is 10.7 Å². The summed E-state index contributed by atoms with van der Waals surface area (Å²) in [6.07, 6.45) is 1.30. The van der Waals surface area contributed by atoms with Gasteiger partial charge in [-0.1, -0.05) is 12.1 Å². The molecule has 0 atom stereocenters. The molecule has 0 heterocycles. The summed E-state index contributed by atoms with van der Waals surface area (Å²) in [5.41, 5.74) is 0.423. The molecule has 0 unspecified atom stereocenters. The largest absolute Gasteiger partial charge is 0.270 e. The van der Waals surface area contributed by atoms with Crippen LogP contribution in [0.4, 0.5) is 5.69 Å². The first-order valence-electron chi connectivity index (χ1n) is 3.66. The van der Waals surface area contributed by atoms with Gasteiger partial charge in [0.05, 0.1) is 4.92 Å². The van der Waals surface area contributed by atoms with Gasteiger partial charge in [0.1, 0.15) is 0 Å². The zero-order valence-corrected chi connectivity index (χ0v) is 7.89. The third kappa shape index (κ3) is 2.98. The summed E-state index contributed by atoms with van der Waals surface area (Å²) in [7, 11) is -2.60. The number of thiol groups is 1. The van der Waals surface area contributed by atoms with Crippen molar-refractivity contribution >= 4 is 22.5 Å². The molecule has 0 N–H and O–H groups in total. The summed E-state index contributed by atoms with van der Waals surface area (Å²) in [5.74, 6) is 0. The van der Waals surface area contributed by atoms with Crippen molar-refractivity contribution < 1.29 is 13.3 Å².